The zero-order valence-corrected chi connectivity index (χ0v) is 8.44. The maximum atomic E-state index is 5.45. The third-order valence-electron chi connectivity index (χ3n) is 2.08. The van der Waals surface area contributed by atoms with Crippen molar-refractivity contribution < 1.29 is 9.47 Å². The second-order valence-corrected chi connectivity index (χ2v) is 2.89. The Hall–Kier alpha value is -0.940. The van der Waals surface area contributed by atoms with E-state index in [1.165, 1.54) is 0 Å². The van der Waals surface area contributed by atoms with Gasteiger partial charge in [-0.25, -0.2) is 5.43 Å². The summed E-state index contributed by atoms with van der Waals surface area (Å²) in [4.78, 5) is 0. The zero-order chi connectivity index (χ0) is 10.4. The molecule has 14 heavy (non-hydrogen) atoms. The summed E-state index contributed by atoms with van der Waals surface area (Å²) >= 11 is 0. The molecule has 0 fully saturated rings. The van der Waals surface area contributed by atoms with Crippen LogP contribution in [-0.4, -0.2) is 20.5 Å². The molecule has 0 spiro atoms. The molecule has 3 N–H and O–H groups in total. The minimum atomic E-state index is -0.387. The molecular formula is C10H16N2O2. The molecule has 0 aliphatic heterocycles. The van der Waals surface area contributed by atoms with Crippen LogP contribution in [0.3, 0.4) is 0 Å². The van der Waals surface area contributed by atoms with E-state index >= 15 is 0 Å². The van der Waals surface area contributed by atoms with Gasteiger partial charge in [0.25, 0.3) is 0 Å². The first-order valence-corrected chi connectivity index (χ1v) is 4.40. The first kappa shape index (κ1) is 11.1. The van der Waals surface area contributed by atoms with Crippen LogP contribution in [0.2, 0.25) is 0 Å². The van der Waals surface area contributed by atoms with Gasteiger partial charge in [-0.05, 0) is 5.56 Å². The largest absolute Gasteiger partial charge is 0.354 e. The number of hydrogen-bond acceptors (Lipinski definition) is 4. The predicted molar refractivity (Wildman–Crippen MR) is 54.3 cm³/mol. The summed E-state index contributed by atoms with van der Waals surface area (Å²) < 4.78 is 10.3. The first-order valence-electron chi connectivity index (χ1n) is 4.40. The standard InChI is InChI=1S/C10H16N2O2/c1-13-10(14-2)9(12-11)8-6-4-3-5-7-8/h3-7,9-10,12H,11H2,1-2H3. The molecular weight excluding hydrogens is 180 g/mol. The minimum absolute atomic E-state index is 0.161. The number of hydrazine groups is 1. The van der Waals surface area contributed by atoms with Crippen molar-refractivity contribution in [2.45, 2.75) is 12.3 Å². The van der Waals surface area contributed by atoms with Crippen LogP contribution in [-0.2, 0) is 9.47 Å². The maximum absolute atomic E-state index is 5.45. The summed E-state index contributed by atoms with van der Waals surface area (Å²) in [6.07, 6.45) is -0.387. The Morgan fingerprint density at radius 3 is 2.14 bits per heavy atom. The SMILES string of the molecule is COC(OC)C(NN)c1ccccc1. The molecule has 78 valence electrons. The van der Waals surface area contributed by atoms with Crippen LogP contribution in [0.1, 0.15) is 11.6 Å². The van der Waals surface area contributed by atoms with Gasteiger partial charge in [-0.2, -0.15) is 0 Å². The Labute approximate surface area is 84.0 Å². The van der Waals surface area contributed by atoms with Crippen molar-refractivity contribution in [3.63, 3.8) is 0 Å². The Kier molecular flexibility index (Phi) is 4.55. The number of nitrogens with two attached hydrogens (primary N) is 1. The fraction of sp³-hybridized carbons (Fsp3) is 0.400. The van der Waals surface area contributed by atoms with Gasteiger partial charge in [-0.3, -0.25) is 5.84 Å². The van der Waals surface area contributed by atoms with Gasteiger partial charge in [0, 0.05) is 14.2 Å². The molecule has 1 atom stereocenters. The first-order chi connectivity index (χ1) is 6.83. The van der Waals surface area contributed by atoms with E-state index in [1.54, 1.807) is 14.2 Å². The quantitative estimate of drug-likeness (QED) is 0.415. The number of nitrogens with one attached hydrogen (secondary N) is 1. The van der Waals surface area contributed by atoms with Gasteiger partial charge in [0.1, 0.15) is 0 Å². The van der Waals surface area contributed by atoms with E-state index in [1.807, 2.05) is 30.3 Å². The molecule has 0 heterocycles. The van der Waals surface area contributed by atoms with Gasteiger partial charge in [0.2, 0.25) is 0 Å². The topological polar surface area (TPSA) is 56.5 Å². The Balaban J connectivity index is 2.81. The molecule has 1 aromatic rings. The molecule has 1 rings (SSSR count). The number of hydrogen-bond donors (Lipinski definition) is 2. The maximum Gasteiger partial charge on any atom is 0.177 e. The van der Waals surface area contributed by atoms with E-state index in [-0.39, 0.29) is 12.3 Å². The Morgan fingerprint density at radius 1 is 1.14 bits per heavy atom. The summed E-state index contributed by atoms with van der Waals surface area (Å²) in [6.45, 7) is 0. The number of benzene rings is 1. The van der Waals surface area contributed by atoms with Crippen LogP contribution < -0.4 is 11.3 Å². The summed E-state index contributed by atoms with van der Waals surface area (Å²) in [5, 5.41) is 0. The Bertz CT molecular complexity index is 250. The molecule has 0 amide bonds. The van der Waals surface area contributed by atoms with E-state index in [0.717, 1.165) is 5.56 Å². The van der Waals surface area contributed by atoms with Gasteiger partial charge < -0.3 is 9.47 Å². The van der Waals surface area contributed by atoms with Crippen molar-refractivity contribution in [1.82, 2.24) is 5.43 Å². The monoisotopic (exact) mass is 196 g/mol. The van der Waals surface area contributed by atoms with Gasteiger partial charge >= 0.3 is 0 Å². The Morgan fingerprint density at radius 2 is 1.71 bits per heavy atom. The van der Waals surface area contributed by atoms with E-state index in [4.69, 9.17) is 15.3 Å². The van der Waals surface area contributed by atoms with Crippen molar-refractivity contribution in [2.75, 3.05) is 14.2 Å². The van der Waals surface area contributed by atoms with Crippen LogP contribution in [0.25, 0.3) is 0 Å². The molecule has 0 radical (unpaired) electrons. The van der Waals surface area contributed by atoms with Crippen molar-refractivity contribution in [2.24, 2.45) is 5.84 Å². The van der Waals surface area contributed by atoms with Crippen molar-refractivity contribution in [3.8, 4) is 0 Å². The molecule has 0 aliphatic rings. The van der Waals surface area contributed by atoms with E-state index < -0.39 is 0 Å². The fourth-order valence-corrected chi connectivity index (χ4v) is 1.36. The molecule has 0 saturated carbocycles. The third-order valence-corrected chi connectivity index (χ3v) is 2.08. The van der Waals surface area contributed by atoms with Gasteiger partial charge in [0.05, 0.1) is 6.04 Å². The van der Waals surface area contributed by atoms with Crippen molar-refractivity contribution in [1.29, 1.82) is 0 Å². The van der Waals surface area contributed by atoms with Crippen molar-refractivity contribution >= 4 is 0 Å². The predicted octanol–water partition coefficient (Wildman–Crippen LogP) is 0.810. The van der Waals surface area contributed by atoms with Crippen LogP contribution >= 0.6 is 0 Å². The van der Waals surface area contributed by atoms with E-state index in [2.05, 4.69) is 5.43 Å². The van der Waals surface area contributed by atoms with Crippen LogP contribution in [0.15, 0.2) is 30.3 Å². The summed E-state index contributed by atoms with van der Waals surface area (Å²) in [5.41, 5.74) is 3.70. The van der Waals surface area contributed by atoms with Gasteiger partial charge in [-0.1, -0.05) is 30.3 Å². The lowest BCUT2D eigenvalue weighted by molar-refractivity contribution is -0.124. The highest BCUT2D eigenvalue weighted by atomic mass is 16.7. The second kappa shape index (κ2) is 5.72. The lowest BCUT2D eigenvalue weighted by Crippen LogP contribution is -2.38. The number of methoxy groups -OCH3 is 2. The number of ether oxygens (including phenoxy) is 2. The summed E-state index contributed by atoms with van der Waals surface area (Å²) in [7, 11) is 3.17. The average molecular weight is 196 g/mol. The fourth-order valence-electron chi connectivity index (χ4n) is 1.36. The highest BCUT2D eigenvalue weighted by molar-refractivity contribution is 5.19. The molecule has 4 nitrogen and oxygen atoms in total. The normalized spacial score (nSPS) is 13.1. The van der Waals surface area contributed by atoms with E-state index in [9.17, 15) is 0 Å². The highest BCUT2D eigenvalue weighted by Gasteiger charge is 2.20. The van der Waals surface area contributed by atoms with Crippen LogP contribution in [0.4, 0.5) is 0 Å². The third kappa shape index (κ3) is 2.52. The average Bonchev–Trinajstić information content (AvgIpc) is 2.27. The smallest absolute Gasteiger partial charge is 0.177 e. The summed E-state index contributed by atoms with van der Waals surface area (Å²) in [5.74, 6) is 5.45. The molecule has 4 heteroatoms. The van der Waals surface area contributed by atoms with Crippen LogP contribution in [0, 0.1) is 0 Å². The summed E-state index contributed by atoms with van der Waals surface area (Å²) in [6, 6.07) is 9.62. The molecule has 0 aromatic heterocycles. The van der Waals surface area contributed by atoms with Gasteiger partial charge in [-0.15, -0.1) is 0 Å². The molecule has 1 aromatic carbocycles. The molecule has 0 saturated heterocycles. The highest BCUT2D eigenvalue weighted by Crippen LogP contribution is 2.17. The lowest BCUT2D eigenvalue weighted by atomic mass is 10.1. The molecule has 0 bridgehead atoms. The molecule has 1 unspecified atom stereocenters. The van der Waals surface area contributed by atoms with Gasteiger partial charge in [0.15, 0.2) is 6.29 Å². The molecule has 0 aliphatic carbocycles. The minimum Gasteiger partial charge on any atom is -0.354 e. The number of rotatable bonds is 5. The zero-order valence-electron chi connectivity index (χ0n) is 8.44. The second-order valence-electron chi connectivity index (χ2n) is 2.89. The van der Waals surface area contributed by atoms with Crippen molar-refractivity contribution in [3.05, 3.63) is 35.9 Å². The lowest BCUT2D eigenvalue weighted by Gasteiger charge is -2.24. The van der Waals surface area contributed by atoms with E-state index in [0.29, 0.717) is 0 Å². The van der Waals surface area contributed by atoms with Crippen LogP contribution in [0.5, 0.6) is 0 Å².